The van der Waals surface area contributed by atoms with Gasteiger partial charge in [-0.25, -0.2) is 0 Å². The van der Waals surface area contributed by atoms with Crippen LogP contribution in [0.4, 0.5) is 0 Å². The minimum absolute atomic E-state index is 0.0761. The molecule has 20 heavy (non-hydrogen) atoms. The van der Waals surface area contributed by atoms with E-state index in [0.29, 0.717) is 32.5 Å². The molecular formula is C16H25NO3. The summed E-state index contributed by atoms with van der Waals surface area (Å²) in [5, 5.41) is 8.82. The van der Waals surface area contributed by atoms with Gasteiger partial charge >= 0.3 is 0 Å². The Balaban J connectivity index is 2.45. The molecule has 0 fully saturated rings. The van der Waals surface area contributed by atoms with Gasteiger partial charge in [-0.15, -0.1) is 0 Å². The van der Waals surface area contributed by atoms with Crippen molar-refractivity contribution in [2.24, 2.45) is 0 Å². The fourth-order valence-corrected chi connectivity index (χ4v) is 2.15. The van der Waals surface area contributed by atoms with Crippen LogP contribution in [0.5, 0.6) is 5.75 Å². The lowest BCUT2D eigenvalue weighted by Gasteiger charge is -2.20. The topological polar surface area (TPSA) is 49.8 Å². The summed E-state index contributed by atoms with van der Waals surface area (Å²) in [7, 11) is 0. The molecule has 0 aromatic heterocycles. The van der Waals surface area contributed by atoms with Gasteiger partial charge in [0.2, 0.25) is 5.91 Å². The molecule has 1 amide bonds. The van der Waals surface area contributed by atoms with E-state index in [1.165, 1.54) is 0 Å². The summed E-state index contributed by atoms with van der Waals surface area (Å²) in [5.41, 5.74) is 2.18. The molecule has 1 rings (SSSR count). The van der Waals surface area contributed by atoms with Crippen LogP contribution in [0, 0.1) is 13.8 Å². The molecule has 0 saturated carbocycles. The highest BCUT2D eigenvalue weighted by atomic mass is 16.5. The average Bonchev–Trinajstić information content (AvgIpc) is 2.43. The lowest BCUT2D eigenvalue weighted by Crippen LogP contribution is -2.33. The SMILES string of the molecule is CCN(CCCO)C(=O)CCOc1c(C)cccc1C. The van der Waals surface area contributed by atoms with Crippen LogP contribution in [0.3, 0.4) is 0 Å². The van der Waals surface area contributed by atoms with Gasteiger partial charge in [-0.05, 0) is 38.3 Å². The van der Waals surface area contributed by atoms with Crippen LogP contribution >= 0.6 is 0 Å². The van der Waals surface area contributed by atoms with Gasteiger partial charge in [0.05, 0.1) is 13.0 Å². The van der Waals surface area contributed by atoms with Crippen LogP contribution in [0.1, 0.15) is 30.9 Å². The van der Waals surface area contributed by atoms with E-state index in [0.717, 1.165) is 16.9 Å². The zero-order valence-electron chi connectivity index (χ0n) is 12.7. The Bertz CT molecular complexity index is 411. The fraction of sp³-hybridized carbons (Fsp3) is 0.562. The number of nitrogens with zero attached hydrogens (tertiary/aromatic N) is 1. The number of rotatable bonds is 8. The summed E-state index contributed by atoms with van der Waals surface area (Å²) < 4.78 is 5.74. The van der Waals surface area contributed by atoms with Crippen molar-refractivity contribution in [2.45, 2.75) is 33.6 Å². The van der Waals surface area contributed by atoms with Gasteiger partial charge in [0, 0.05) is 19.7 Å². The van der Waals surface area contributed by atoms with Crippen molar-refractivity contribution in [3.05, 3.63) is 29.3 Å². The maximum absolute atomic E-state index is 12.0. The van der Waals surface area contributed by atoms with Gasteiger partial charge in [-0.2, -0.15) is 0 Å². The second-order valence-corrected chi connectivity index (χ2v) is 4.87. The summed E-state index contributed by atoms with van der Waals surface area (Å²) >= 11 is 0. The monoisotopic (exact) mass is 279 g/mol. The first-order chi connectivity index (χ1) is 9.60. The summed E-state index contributed by atoms with van der Waals surface area (Å²) in [4.78, 5) is 13.8. The molecule has 4 nitrogen and oxygen atoms in total. The standard InChI is InChI=1S/C16H25NO3/c1-4-17(10-6-11-18)15(19)9-12-20-16-13(2)7-5-8-14(16)3/h5,7-8,18H,4,6,9-12H2,1-3H3. The van der Waals surface area contributed by atoms with E-state index in [2.05, 4.69) is 0 Å². The summed E-state index contributed by atoms with van der Waals surface area (Å²) in [6, 6.07) is 6.00. The molecule has 112 valence electrons. The number of aliphatic hydroxyl groups excluding tert-OH is 1. The number of hydrogen-bond acceptors (Lipinski definition) is 3. The molecule has 0 heterocycles. The van der Waals surface area contributed by atoms with E-state index in [9.17, 15) is 4.79 Å². The first-order valence-corrected chi connectivity index (χ1v) is 7.17. The number of benzene rings is 1. The molecular weight excluding hydrogens is 254 g/mol. The van der Waals surface area contributed by atoms with Crippen molar-refractivity contribution in [3.63, 3.8) is 0 Å². The van der Waals surface area contributed by atoms with E-state index in [-0.39, 0.29) is 12.5 Å². The lowest BCUT2D eigenvalue weighted by atomic mass is 10.1. The van der Waals surface area contributed by atoms with Gasteiger partial charge in [0.15, 0.2) is 0 Å². The molecule has 0 aliphatic carbocycles. The van der Waals surface area contributed by atoms with Crippen LogP contribution < -0.4 is 4.74 Å². The molecule has 4 heteroatoms. The Morgan fingerprint density at radius 3 is 2.50 bits per heavy atom. The Morgan fingerprint density at radius 1 is 1.30 bits per heavy atom. The molecule has 0 aliphatic rings. The van der Waals surface area contributed by atoms with Gasteiger partial charge in [0.25, 0.3) is 0 Å². The van der Waals surface area contributed by atoms with Crippen molar-refractivity contribution >= 4 is 5.91 Å². The molecule has 0 radical (unpaired) electrons. The molecule has 0 saturated heterocycles. The molecule has 0 atom stereocenters. The number of carbonyl (C=O) groups is 1. The van der Waals surface area contributed by atoms with E-state index in [1.807, 2.05) is 39.0 Å². The highest BCUT2D eigenvalue weighted by Crippen LogP contribution is 2.22. The first-order valence-electron chi connectivity index (χ1n) is 7.17. The zero-order chi connectivity index (χ0) is 15.0. The van der Waals surface area contributed by atoms with E-state index >= 15 is 0 Å². The molecule has 0 unspecified atom stereocenters. The van der Waals surface area contributed by atoms with Crippen LogP contribution in [-0.2, 0) is 4.79 Å². The predicted molar refractivity (Wildman–Crippen MR) is 80.0 cm³/mol. The van der Waals surface area contributed by atoms with E-state index < -0.39 is 0 Å². The Labute approximate surface area is 121 Å². The van der Waals surface area contributed by atoms with Crippen LogP contribution in [-0.4, -0.2) is 42.2 Å². The molecule has 1 N–H and O–H groups in total. The van der Waals surface area contributed by atoms with Crippen molar-refractivity contribution in [2.75, 3.05) is 26.3 Å². The van der Waals surface area contributed by atoms with Crippen LogP contribution in [0.25, 0.3) is 0 Å². The highest BCUT2D eigenvalue weighted by Gasteiger charge is 2.11. The number of aryl methyl sites for hydroxylation is 2. The zero-order valence-corrected chi connectivity index (χ0v) is 12.7. The Morgan fingerprint density at radius 2 is 1.95 bits per heavy atom. The number of para-hydroxylation sites is 1. The van der Waals surface area contributed by atoms with E-state index in [4.69, 9.17) is 9.84 Å². The average molecular weight is 279 g/mol. The van der Waals surface area contributed by atoms with Crippen LogP contribution in [0.2, 0.25) is 0 Å². The molecule has 0 spiro atoms. The number of hydrogen-bond donors (Lipinski definition) is 1. The summed E-state index contributed by atoms with van der Waals surface area (Å²) in [6.45, 7) is 7.73. The van der Waals surface area contributed by atoms with E-state index in [1.54, 1.807) is 4.90 Å². The lowest BCUT2D eigenvalue weighted by molar-refractivity contribution is -0.131. The predicted octanol–water partition coefficient (Wildman–Crippen LogP) is 2.30. The highest BCUT2D eigenvalue weighted by molar-refractivity contribution is 5.76. The summed E-state index contributed by atoms with van der Waals surface area (Å²) in [5.74, 6) is 0.950. The molecule has 0 bridgehead atoms. The normalized spacial score (nSPS) is 10.4. The van der Waals surface area contributed by atoms with Gasteiger partial charge in [0.1, 0.15) is 5.75 Å². The third-order valence-corrected chi connectivity index (χ3v) is 3.29. The fourth-order valence-electron chi connectivity index (χ4n) is 2.15. The maximum atomic E-state index is 12.0. The quantitative estimate of drug-likeness (QED) is 0.794. The Kier molecular flexibility index (Phi) is 7.09. The number of ether oxygens (including phenoxy) is 1. The maximum Gasteiger partial charge on any atom is 0.225 e. The van der Waals surface area contributed by atoms with Gasteiger partial charge in [-0.3, -0.25) is 4.79 Å². The van der Waals surface area contributed by atoms with Gasteiger partial charge < -0.3 is 14.7 Å². The Hall–Kier alpha value is -1.55. The summed E-state index contributed by atoms with van der Waals surface area (Å²) in [6.07, 6.45) is 0.990. The number of aliphatic hydroxyl groups is 1. The van der Waals surface area contributed by atoms with Crippen molar-refractivity contribution in [1.29, 1.82) is 0 Å². The second-order valence-electron chi connectivity index (χ2n) is 4.87. The van der Waals surface area contributed by atoms with Crippen molar-refractivity contribution < 1.29 is 14.6 Å². The van der Waals surface area contributed by atoms with Crippen LogP contribution in [0.15, 0.2) is 18.2 Å². The first kappa shape index (κ1) is 16.5. The number of carbonyl (C=O) groups excluding carboxylic acids is 1. The molecule has 1 aromatic rings. The minimum atomic E-state index is 0.0761. The smallest absolute Gasteiger partial charge is 0.225 e. The third-order valence-electron chi connectivity index (χ3n) is 3.29. The molecule has 1 aromatic carbocycles. The second kappa shape index (κ2) is 8.59. The van der Waals surface area contributed by atoms with Crippen molar-refractivity contribution in [1.82, 2.24) is 4.90 Å². The minimum Gasteiger partial charge on any atom is -0.493 e. The van der Waals surface area contributed by atoms with Crippen molar-refractivity contribution in [3.8, 4) is 5.75 Å². The third kappa shape index (κ3) is 4.85. The molecule has 0 aliphatic heterocycles. The largest absolute Gasteiger partial charge is 0.493 e. The van der Waals surface area contributed by atoms with Gasteiger partial charge in [-0.1, -0.05) is 18.2 Å². The number of amides is 1.